The number of aldehydes is 1. The third kappa shape index (κ3) is 3.46. The van der Waals surface area contributed by atoms with Crippen LogP contribution in [0.1, 0.15) is 0 Å². The fourth-order valence-electron chi connectivity index (χ4n) is 3.04. The molecule has 2 aliphatic heterocycles. The van der Waals surface area contributed by atoms with E-state index in [0.717, 1.165) is 17.7 Å². The fourth-order valence-corrected chi connectivity index (χ4v) is 3.04. The van der Waals surface area contributed by atoms with E-state index in [9.17, 15) is 9.18 Å². The zero-order valence-electron chi connectivity index (χ0n) is 13.2. The normalized spacial score (nSPS) is 28.2. The highest BCUT2D eigenvalue weighted by molar-refractivity contribution is 5.67. The molecule has 2 aliphatic rings. The predicted octanol–water partition coefficient (Wildman–Crippen LogP) is 0.768. The van der Waals surface area contributed by atoms with Gasteiger partial charge in [0.2, 0.25) is 0 Å². The number of hydrogen-bond donors (Lipinski definition) is 1. The number of benzene rings is 1. The van der Waals surface area contributed by atoms with Crippen molar-refractivity contribution in [1.82, 2.24) is 5.32 Å². The van der Waals surface area contributed by atoms with Crippen LogP contribution in [0.15, 0.2) is 24.3 Å². The Bertz CT molecular complexity index is 528. The summed E-state index contributed by atoms with van der Waals surface area (Å²) in [7, 11) is 1.85. The van der Waals surface area contributed by atoms with E-state index in [0.29, 0.717) is 26.2 Å². The van der Waals surface area contributed by atoms with Crippen molar-refractivity contribution in [3.05, 3.63) is 24.3 Å². The Kier molecular flexibility index (Phi) is 5.09. The summed E-state index contributed by atoms with van der Waals surface area (Å²) in [5.74, 6) is 0. The molecule has 7 heteroatoms. The van der Waals surface area contributed by atoms with Crippen molar-refractivity contribution >= 4 is 17.7 Å². The van der Waals surface area contributed by atoms with Gasteiger partial charge in [-0.15, -0.1) is 0 Å². The summed E-state index contributed by atoms with van der Waals surface area (Å²) in [6.07, 6.45) is -0.906. The van der Waals surface area contributed by atoms with Crippen LogP contribution < -0.4 is 15.1 Å². The number of carbonyl (C=O) groups is 1. The number of morpholine rings is 1. The fraction of sp³-hybridized carbons (Fsp3) is 0.562. The second kappa shape index (κ2) is 7.25. The van der Waals surface area contributed by atoms with Gasteiger partial charge in [0.05, 0.1) is 19.3 Å². The summed E-state index contributed by atoms with van der Waals surface area (Å²) in [4.78, 5) is 14.9. The highest BCUT2D eigenvalue weighted by Gasteiger charge is 2.32. The van der Waals surface area contributed by atoms with Crippen molar-refractivity contribution < 1.29 is 18.7 Å². The summed E-state index contributed by atoms with van der Waals surface area (Å²) >= 11 is 0. The van der Waals surface area contributed by atoms with Crippen LogP contribution in [0.3, 0.4) is 0 Å². The average molecular weight is 323 g/mol. The molecule has 0 bridgehead atoms. The lowest BCUT2D eigenvalue weighted by atomic mass is 10.2. The Balaban J connectivity index is 1.72. The maximum absolute atomic E-state index is 13.9. The molecule has 1 aromatic carbocycles. The number of nitrogens with zero attached hydrogens (tertiary/aromatic N) is 2. The topological polar surface area (TPSA) is 54.0 Å². The molecule has 3 unspecified atom stereocenters. The largest absolute Gasteiger partial charge is 0.375 e. The Morgan fingerprint density at radius 2 is 2.00 bits per heavy atom. The molecule has 0 aromatic heterocycles. The first-order valence-electron chi connectivity index (χ1n) is 7.83. The molecular formula is C16H22FN3O3. The minimum atomic E-state index is -1.12. The molecular weight excluding hydrogens is 301 g/mol. The van der Waals surface area contributed by atoms with Crippen LogP contribution >= 0.6 is 0 Å². The average Bonchev–Trinajstić information content (AvgIpc) is 2.99. The molecule has 0 aliphatic carbocycles. The highest BCUT2D eigenvalue weighted by Crippen LogP contribution is 2.28. The zero-order valence-corrected chi connectivity index (χ0v) is 13.2. The maximum atomic E-state index is 13.9. The van der Waals surface area contributed by atoms with E-state index in [4.69, 9.17) is 9.47 Å². The number of nitrogens with one attached hydrogen (secondary N) is 1. The highest BCUT2D eigenvalue weighted by atomic mass is 19.1. The third-order valence-corrected chi connectivity index (χ3v) is 4.17. The smallest absolute Gasteiger partial charge is 0.196 e. The minimum absolute atomic E-state index is 0.0238. The van der Waals surface area contributed by atoms with Gasteiger partial charge in [0.1, 0.15) is 0 Å². The zero-order chi connectivity index (χ0) is 16.2. The standard InChI is InChI=1S/C16H22FN3O3/c1-18-8-14-9-20(16(10-21)23-14)13-4-2-12(3-5-13)19-6-7-22-11-15(19)17/h2-5,10,14-16,18H,6-9,11H2,1H3. The van der Waals surface area contributed by atoms with Gasteiger partial charge in [-0.3, -0.25) is 4.79 Å². The van der Waals surface area contributed by atoms with Gasteiger partial charge >= 0.3 is 0 Å². The van der Waals surface area contributed by atoms with E-state index < -0.39 is 12.5 Å². The number of anilines is 2. The van der Waals surface area contributed by atoms with Crippen LogP contribution in [-0.2, 0) is 14.3 Å². The third-order valence-electron chi connectivity index (χ3n) is 4.17. The minimum Gasteiger partial charge on any atom is -0.375 e. The molecule has 2 saturated heterocycles. The molecule has 23 heavy (non-hydrogen) atoms. The Morgan fingerprint density at radius 1 is 1.30 bits per heavy atom. The first-order chi connectivity index (χ1) is 11.2. The van der Waals surface area contributed by atoms with Crippen LogP contribution in [0.4, 0.5) is 15.8 Å². The lowest BCUT2D eigenvalue weighted by Crippen LogP contribution is -2.42. The van der Waals surface area contributed by atoms with E-state index in [1.807, 2.05) is 36.2 Å². The molecule has 3 atom stereocenters. The number of ether oxygens (including phenoxy) is 2. The molecule has 1 aromatic rings. The van der Waals surface area contributed by atoms with E-state index in [-0.39, 0.29) is 12.7 Å². The molecule has 3 rings (SSSR count). The Labute approximate surface area is 135 Å². The van der Waals surface area contributed by atoms with Crippen molar-refractivity contribution in [1.29, 1.82) is 0 Å². The number of carbonyl (C=O) groups excluding carboxylic acids is 1. The van der Waals surface area contributed by atoms with Gasteiger partial charge < -0.3 is 24.6 Å². The summed E-state index contributed by atoms with van der Waals surface area (Å²) in [6, 6.07) is 7.55. The number of likely N-dealkylation sites (N-methyl/N-ethyl adjacent to an activating group) is 1. The molecule has 2 fully saturated rings. The van der Waals surface area contributed by atoms with E-state index in [1.54, 1.807) is 4.90 Å². The molecule has 0 spiro atoms. The van der Waals surface area contributed by atoms with Gasteiger partial charge in [-0.25, -0.2) is 4.39 Å². The van der Waals surface area contributed by atoms with Crippen LogP contribution in [0.5, 0.6) is 0 Å². The predicted molar refractivity (Wildman–Crippen MR) is 85.5 cm³/mol. The Hall–Kier alpha value is -1.70. The molecule has 0 radical (unpaired) electrons. The molecule has 0 amide bonds. The number of halogens is 1. The van der Waals surface area contributed by atoms with Gasteiger partial charge in [-0.05, 0) is 31.3 Å². The second-order valence-electron chi connectivity index (χ2n) is 5.71. The van der Waals surface area contributed by atoms with Gasteiger partial charge in [0.15, 0.2) is 18.8 Å². The maximum Gasteiger partial charge on any atom is 0.196 e. The van der Waals surface area contributed by atoms with Crippen LogP contribution in [-0.4, -0.2) is 64.8 Å². The van der Waals surface area contributed by atoms with Gasteiger partial charge in [0, 0.05) is 31.0 Å². The first kappa shape index (κ1) is 16.2. The number of hydrogen-bond acceptors (Lipinski definition) is 6. The SMILES string of the molecule is CNCC1CN(c2ccc(N3CCOCC3F)cc2)C(C=O)O1. The van der Waals surface area contributed by atoms with Gasteiger partial charge in [0.25, 0.3) is 0 Å². The molecule has 2 heterocycles. The van der Waals surface area contributed by atoms with E-state index in [1.165, 1.54) is 0 Å². The van der Waals surface area contributed by atoms with Crippen molar-refractivity contribution in [3.63, 3.8) is 0 Å². The summed E-state index contributed by atoms with van der Waals surface area (Å²) < 4.78 is 24.7. The van der Waals surface area contributed by atoms with Crippen molar-refractivity contribution in [2.75, 3.05) is 49.7 Å². The lowest BCUT2D eigenvalue weighted by molar-refractivity contribution is -0.117. The first-order valence-corrected chi connectivity index (χ1v) is 7.83. The quantitative estimate of drug-likeness (QED) is 0.638. The summed E-state index contributed by atoms with van der Waals surface area (Å²) in [5, 5.41) is 3.06. The lowest BCUT2D eigenvalue weighted by Gasteiger charge is -2.32. The van der Waals surface area contributed by atoms with Crippen LogP contribution in [0.2, 0.25) is 0 Å². The number of alkyl halides is 1. The van der Waals surface area contributed by atoms with E-state index in [2.05, 4.69) is 5.32 Å². The second-order valence-corrected chi connectivity index (χ2v) is 5.71. The number of rotatable bonds is 5. The monoisotopic (exact) mass is 323 g/mol. The Morgan fingerprint density at radius 3 is 2.61 bits per heavy atom. The van der Waals surface area contributed by atoms with Crippen molar-refractivity contribution in [2.24, 2.45) is 0 Å². The van der Waals surface area contributed by atoms with E-state index >= 15 is 0 Å². The van der Waals surface area contributed by atoms with Crippen molar-refractivity contribution in [2.45, 2.75) is 18.6 Å². The molecule has 0 saturated carbocycles. The van der Waals surface area contributed by atoms with Gasteiger partial charge in [-0.2, -0.15) is 0 Å². The van der Waals surface area contributed by atoms with Crippen molar-refractivity contribution in [3.8, 4) is 0 Å². The molecule has 6 nitrogen and oxygen atoms in total. The summed E-state index contributed by atoms with van der Waals surface area (Å²) in [5.41, 5.74) is 1.72. The molecule has 126 valence electrons. The van der Waals surface area contributed by atoms with Gasteiger partial charge in [-0.1, -0.05) is 0 Å². The summed E-state index contributed by atoms with van der Waals surface area (Å²) in [6.45, 7) is 2.50. The van der Waals surface area contributed by atoms with Crippen LogP contribution in [0, 0.1) is 0 Å². The molecule has 1 N–H and O–H groups in total. The van der Waals surface area contributed by atoms with Crippen LogP contribution in [0.25, 0.3) is 0 Å².